The van der Waals surface area contributed by atoms with Crippen LogP contribution in [0.15, 0.2) is 42.4 Å². The number of likely N-dealkylation sites (N-methyl/N-ethyl adjacent to an activating group) is 1. The van der Waals surface area contributed by atoms with Crippen LogP contribution in [0.1, 0.15) is 120 Å². The molecule has 1 amide bonds. The third-order valence-corrected chi connectivity index (χ3v) is 17.8. The molecule has 4 aliphatic rings. The lowest BCUT2D eigenvalue weighted by Crippen LogP contribution is -2.61. The molecule has 3 saturated heterocycles. The molecule has 1 aromatic carbocycles. The number of benzene rings is 1. The number of aliphatic hydroxyl groups is 4. The van der Waals surface area contributed by atoms with Gasteiger partial charge in [0.1, 0.15) is 30.6 Å². The summed E-state index contributed by atoms with van der Waals surface area (Å²) in [6.07, 6.45) is 0.315. The van der Waals surface area contributed by atoms with E-state index in [1.165, 1.54) is 25.2 Å². The van der Waals surface area contributed by atoms with E-state index >= 15 is 0 Å². The number of esters is 1. The van der Waals surface area contributed by atoms with Gasteiger partial charge in [0.2, 0.25) is 5.91 Å². The molecule has 2 aromatic rings. The first kappa shape index (κ1) is 60.8. The summed E-state index contributed by atoms with van der Waals surface area (Å²) in [6, 6.07) is 6.98. The molecule has 75 heavy (non-hydrogen) atoms. The van der Waals surface area contributed by atoms with E-state index in [0.29, 0.717) is 37.5 Å². The van der Waals surface area contributed by atoms with Crippen LogP contribution >= 0.6 is 11.3 Å². The second kappa shape index (κ2) is 25.6. The zero-order valence-electron chi connectivity index (χ0n) is 46.9. The van der Waals surface area contributed by atoms with Gasteiger partial charge in [0.05, 0.1) is 52.5 Å². The van der Waals surface area contributed by atoms with Gasteiger partial charge in [-0.15, -0.1) is 5.53 Å². The van der Waals surface area contributed by atoms with Crippen molar-refractivity contribution in [2.45, 2.75) is 205 Å². The summed E-state index contributed by atoms with van der Waals surface area (Å²) in [5, 5.41) is 52.9. The number of alkyl halides is 1. The van der Waals surface area contributed by atoms with Crippen molar-refractivity contribution in [3.8, 4) is 10.4 Å². The lowest BCUT2D eigenvalue weighted by Gasteiger charge is -2.51. The highest BCUT2D eigenvalue weighted by atomic mass is 32.1. The monoisotopic (exact) mass is 1080 g/mol. The van der Waals surface area contributed by atoms with Gasteiger partial charge < -0.3 is 64.7 Å². The number of ether oxygens (including phenoxy) is 5. The van der Waals surface area contributed by atoms with Crippen molar-refractivity contribution in [2.24, 2.45) is 23.7 Å². The van der Waals surface area contributed by atoms with Crippen LogP contribution in [0.2, 0.25) is 0 Å². The predicted octanol–water partition coefficient (Wildman–Crippen LogP) is 5.79. The van der Waals surface area contributed by atoms with E-state index in [4.69, 9.17) is 23.7 Å². The highest BCUT2D eigenvalue weighted by Gasteiger charge is 2.54. The average molecular weight is 1080 g/mol. The molecular weight excluding hydrogens is 986 g/mol. The summed E-state index contributed by atoms with van der Waals surface area (Å²) in [5.74, 6) is -3.00. The molecule has 5 heterocycles. The number of thiazole rings is 1. The zero-order valence-corrected chi connectivity index (χ0v) is 47.7. The smallest absolute Gasteiger partial charge is 0.309 e. The molecule has 0 saturated carbocycles. The van der Waals surface area contributed by atoms with Crippen molar-refractivity contribution in [2.75, 3.05) is 46.3 Å². The molecule has 20 heteroatoms. The molecule has 7 N–H and O–H groups in total. The van der Waals surface area contributed by atoms with Crippen molar-refractivity contribution in [1.29, 1.82) is 0 Å². The number of hydrogen-bond acceptors (Lipinski definition) is 18. The Hall–Kier alpha value is -3.38. The van der Waals surface area contributed by atoms with E-state index in [1.807, 2.05) is 84.0 Å². The number of methoxy groups -OCH3 is 1. The van der Waals surface area contributed by atoms with Gasteiger partial charge in [-0.3, -0.25) is 14.6 Å². The highest BCUT2D eigenvalue weighted by molar-refractivity contribution is 7.19. The van der Waals surface area contributed by atoms with E-state index in [9.17, 15) is 34.4 Å². The van der Waals surface area contributed by atoms with Crippen LogP contribution < -0.4 is 16.3 Å². The van der Waals surface area contributed by atoms with Crippen LogP contribution in [-0.4, -0.2) is 177 Å². The normalized spacial score (nSPS) is 38.3. The molecule has 1 aromatic heterocycles. The third-order valence-electron chi connectivity index (χ3n) is 16.8. The number of amides is 1. The van der Waals surface area contributed by atoms with E-state index < -0.39 is 102 Å². The van der Waals surface area contributed by atoms with Gasteiger partial charge in [-0.1, -0.05) is 63.3 Å². The number of nitrogens with one attached hydrogen (secondary N) is 3. The van der Waals surface area contributed by atoms with Gasteiger partial charge in [-0.25, -0.2) is 9.37 Å². The molecule has 4 aliphatic heterocycles. The fourth-order valence-corrected chi connectivity index (χ4v) is 13.1. The molecule has 0 bridgehead atoms. The standard InChI is InChI=1S/C55H90FN7O11S/c1-15-45-55(11,69)48(65)35(6)62(13)29-31(2)25-53(9,68)50(33(4)47(34(5)51(67)73-45)43-26-54(10,70-14)49(66)36(7)72-43)74-46-24-41(22-32(3)71-46)61(12)21-20-40-30-63(60-59-40)42(27-56)23-38-16-18-39(19-17-38)44-28-57-52(75-44)58-37(8)64/h16-19,28,30-36,41-43,45-50,59-60,65-66,68-69H,15,20-27,29H2,1-14H3,(H,57,58,64)/t31-,32-,33+,34-,35-,36+,41+,42+,43-,45-,46+,47?,48-,49+,50-,53-,54-,55-/m1/s1. The van der Waals surface area contributed by atoms with Gasteiger partial charge in [-0.05, 0) is 104 Å². The van der Waals surface area contributed by atoms with Crippen molar-refractivity contribution in [3.63, 3.8) is 0 Å². The molecular formula is C55H90FN7O11S. The van der Waals surface area contributed by atoms with Crippen molar-refractivity contribution < 1.29 is 58.1 Å². The highest BCUT2D eigenvalue weighted by Crippen LogP contribution is 2.45. The van der Waals surface area contributed by atoms with Gasteiger partial charge in [0.15, 0.2) is 11.4 Å². The van der Waals surface area contributed by atoms with Crippen molar-refractivity contribution in [3.05, 3.63) is 47.9 Å². The fraction of sp³-hybridized carbons (Fsp3) is 0.764. The second-order valence-electron chi connectivity index (χ2n) is 23.1. The summed E-state index contributed by atoms with van der Waals surface area (Å²) in [6.45, 7) is 20.4. The fourth-order valence-electron chi connectivity index (χ4n) is 12.3. The van der Waals surface area contributed by atoms with E-state index in [-0.39, 0.29) is 43.2 Å². The largest absolute Gasteiger partial charge is 0.459 e. The number of cyclic esters (lactones) is 1. The van der Waals surface area contributed by atoms with Crippen molar-refractivity contribution in [1.82, 2.24) is 30.8 Å². The topological polar surface area (TPSA) is 220 Å². The molecule has 424 valence electrons. The first-order valence-corrected chi connectivity index (χ1v) is 27.9. The molecule has 6 rings (SSSR count). The van der Waals surface area contributed by atoms with Gasteiger partial charge >= 0.3 is 5.97 Å². The SMILES string of the molecule is CC[C@H]1OC(=O)[C@H](C)C([C@H]2C[C@@](C)(OC)[C@@H](O)[C@H](C)O2)[C@H](C)[C@@H](O[C@H]2C[C@@H](N(C)CCC3=CN([C@H](CF)Cc4ccc(-c5cnc(NC(C)=O)s5)cc4)NN3)C[C@@H](C)O2)[C@](C)(O)C[C@@H](C)CN(C)[C@H](C)[C@@H](O)[C@]1(C)O. The number of carbonyl (C=O) groups is 2. The average Bonchev–Trinajstić information content (AvgIpc) is 4.03. The summed E-state index contributed by atoms with van der Waals surface area (Å²) in [4.78, 5) is 35.5. The first-order valence-electron chi connectivity index (χ1n) is 27.0. The Morgan fingerprint density at radius 3 is 2.39 bits per heavy atom. The summed E-state index contributed by atoms with van der Waals surface area (Å²) >= 11 is 1.39. The van der Waals surface area contributed by atoms with Gasteiger partial charge in [0, 0.05) is 82.5 Å². The number of hydrogen-bond donors (Lipinski definition) is 7. The minimum atomic E-state index is -1.80. The summed E-state index contributed by atoms with van der Waals surface area (Å²) < 4.78 is 47.2. The van der Waals surface area contributed by atoms with E-state index in [0.717, 1.165) is 28.1 Å². The molecule has 0 aliphatic carbocycles. The minimum Gasteiger partial charge on any atom is -0.459 e. The third kappa shape index (κ3) is 14.7. The van der Waals surface area contributed by atoms with Gasteiger partial charge in [-0.2, -0.15) is 0 Å². The number of halogens is 1. The number of hydrazine groups is 2. The first-order chi connectivity index (χ1) is 35.2. The number of rotatable bonds is 15. The number of anilines is 1. The Morgan fingerprint density at radius 2 is 1.75 bits per heavy atom. The second-order valence-corrected chi connectivity index (χ2v) is 24.2. The quantitative estimate of drug-likeness (QED) is 0.105. The lowest BCUT2D eigenvalue weighted by atomic mass is 9.68. The predicted molar refractivity (Wildman–Crippen MR) is 286 cm³/mol. The Morgan fingerprint density at radius 1 is 1.05 bits per heavy atom. The maximum absolute atomic E-state index is 14.7. The molecule has 0 spiro atoms. The number of aromatic nitrogens is 1. The maximum atomic E-state index is 14.7. The van der Waals surface area contributed by atoms with Crippen molar-refractivity contribution >= 4 is 28.3 Å². The zero-order chi connectivity index (χ0) is 55.3. The molecule has 18 nitrogen and oxygen atoms in total. The molecule has 3 fully saturated rings. The maximum Gasteiger partial charge on any atom is 0.309 e. The summed E-state index contributed by atoms with van der Waals surface area (Å²) in [5.41, 5.74) is 4.95. The molecule has 1 unspecified atom stereocenters. The Kier molecular flexibility index (Phi) is 20.8. The van der Waals surface area contributed by atoms with Crippen LogP contribution in [-0.2, 0) is 39.7 Å². The van der Waals surface area contributed by atoms with Crippen LogP contribution in [0, 0.1) is 23.7 Å². The Bertz CT molecular complexity index is 2210. The van der Waals surface area contributed by atoms with E-state index in [2.05, 4.69) is 33.2 Å². The lowest BCUT2D eigenvalue weighted by molar-refractivity contribution is -0.275. The number of carbonyl (C=O) groups excluding carboxylic acids is 2. The number of nitrogens with zero attached hydrogens (tertiary/aromatic N) is 4. The number of aliphatic hydroxyl groups excluding tert-OH is 2. The van der Waals surface area contributed by atoms with Gasteiger partial charge in [0.25, 0.3) is 0 Å². The summed E-state index contributed by atoms with van der Waals surface area (Å²) in [7, 11) is 5.50. The van der Waals surface area contributed by atoms with Crippen LogP contribution in [0.3, 0.4) is 0 Å². The minimum absolute atomic E-state index is 0.0335. The molecule has 18 atom stereocenters. The van der Waals surface area contributed by atoms with Crippen LogP contribution in [0.4, 0.5) is 9.52 Å². The molecule has 0 radical (unpaired) electrons. The van der Waals surface area contributed by atoms with Crippen LogP contribution in [0.5, 0.6) is 0 Å². The Balaban J connectivity index is 1.20. The van der Waals surface area contributed by atoms with E-state index in [1.54, 1.807) is 39.1 Å². The van der Waals surface area contributed by atoms with Crippen LogP contribution in [0.25, 0.3) is 10.4 Å². The Labute approximate surface area is 449 Å².